The van der Waals surface area contributed by atoms with Gasteiger partial charge in [0.15, 0.2) is 0 Å². The quantitative estimate of drug-likeness (QED) is 0.695. The van der Waals surface area contributed by atoms with E-state index in [2.05, 4.69) is 11.0 Å². The van der Waals surface area contributed by atoms with Crippen LogP contribution in [0.3, 0.4) is 0 Å². The molecule has 1 saturated heterocycles. The lowest BCUT2D eigenvalue weighted by atomic mass is 9.97. The predicted molar refractivity (Wildman–Crippen MR) is 109 cm³/mol. The topological polar surface area (TPSA) is 49.9 Å². The highest BCUT2D eigenvalue weighted by Crippen LogP contribution is 2.28. The Balaban J connectivity index is 1.61. The molecule has 0 saturated carbocycles. The summed E-state index contributed by atoms with van der Waals surface area (Å²) < 4.78 is 33.2. The van der Waals surface area contributed by atoms with E-state index in [-0.39, 0.29) is 0 Å². The van der Waals surface area contributed by atoms with Gasteiger partial charge in [0.25, 0.3) is 0 Å². The van der Waals surface area contributed by atoms with E-state index in [0.29, 0.717) is 18.0 Å². The minimum atomic E-state index is -3.46. The van der Waals surface area contributed by atoms with Gasteiger partial charge in [-0.25, -0.2) is 8.42 Å². The van der Waals surface area contributed by atoms with Crippen molar-refractivity contribution < 1.29 is 13.2 Å². The summed E-state index contributed by atoms with van der Waals surface area (Å²) in [4.78, 5) is 2.80. The van der Waals surface area contributed by atoms with Gasteiger partial charge in [-0.15, -0.1) is 0 Å². The second-order valence-electron chi connectivity index (χ2n) is 7.69. The zero-order valence-electron chi connectivity index (χ0n) is 16.8. The van der Waals surface area contributed by atoms with Crippen molar-refractivity contribution in [1.82, 2.24) is 9.21 Å². The van der Waals surface area contributed by atoms with Gasteiger partial charge in [0.05, 0.1) is 12.0 Å². The third-order valence-corrected chi connectivity index (χ3v) is 7.82. The van der Waals surface area contributed by atoms with Gasteiger partial charge in [-0.05, 0) is 69.2 Å². The highest BCUT2D eigenvalue weighted by atomic mass is 32.2. The van der Waals surface area contributed by atoms with Crippen molar-refractivity contribution in [2.75, 3.05) is 39.8 Å². The lowest BCUT2D eigenvalue weighted by molar-refractivity contribution is 0.189. The average molecular weight is 393 g/mol. The third-order valence-electron chi connectivity index (χ3n) is 5.78. The second-order valence-corrected chi connectivity index (χ2v) is 9.60. The number of piperazine rings is 1. The number of sulfonamides is 1. The molecule has 0 radical (unpaired) electrons. The molecule has 1 aliphatic heterocycles. The van der Waals surface area contributed by atoms with E-state index < -0.39 is 10.0 Å². The van der Waals surface area contributed by atoms with Gasteiger partial charge >= 0.3 is 0 Å². The fraction of sp³-hybridized carbons (Fsp3) is 0.619. The van der Waals surface area contributed by atoms with Gasteiger partial charge < -0.3 is 9.64 Å². The summed E-state index contributed by atoms with van der Waals surface area (Å²) >= 11 is 0. The third kappa shape index (κ3) is 4.73. The van der Waals surface area contributed by atoms with E-state index in [1.807, 2.05) is 19.9 Å². The smallest absolute Gasteiger partial charge is 0.243 e. The summed E-state index contributed by atoms with van der Waals surface area (Å²) in [6.45, 7) is 7.50. The predicted octanol–water partition coefficient (Wildman–Crippen LogP) is 3.51. The van der Waals surface area contributed by atoms with Crippen LogP contribution in [0.25, 0.3) is 0 Å². The van der Waals surface area contributed by atoms with Crippen LogP contribution in [0, 0.1) is 13.8 Å². The maximum absolute atomic E-state index is 13.1. The molecule has 1 fully saturated rings. The van der Waals surface area contributed by atoms with Crippen molar-refractivity contribution in [2.45, 2.75) is 50.8 Å². The lowest BCUT2D eigenvalue weighted by Crippen LogP contribution is -2.48. The van der Waals surface area contributed by atoms with Gasteiger partial charge in [-0.3, -0.25) is 0 Å². The number of ether oxygens (including phenoxy) is 1. The Bertz CT molecular complexity index is 794. The number of aryl methyl sites for hydroxylation is 2. The van der Waals surface area contributed by atoms with Crippen LogP contribution in [0.15, 0.2) is 28.7 Å². The standard InChI is InChI=1S/C21H32N2O3S/c1-17-16-21(18(2)15-20(17)26-3)27(24,25)23-13-11-22(12-14-23)10-9-19-7-5-4-6-8-19/h7,15-16H,4-6,8-14H2,1-3H3. The Morgan fingerprint density at radius 3 is 2.41 bits per heavy atom. The molecule has 0 atom stereocenters. The molecule has 0 spiro atoms. The van der Waals surface area contributed by atoms with Crippen LogP contribution in [-0.2, 0) is 10.0 Å². The molecule has 1 heterocycles. The molecule has 27 heavy (non-hydrogen) atoms. The van der Waals surface area contributed by atoms with E-state index in [0.717, 1.165) is 42.9 Å². The zero-order chi connectivity index (χ0) is 19.4. The van der Waals surface area contributed by atoms with Crippen molar-refractivity contribution in [3.05, 3.63) is 34.9 Å². The Kier molecular flexibility index (Phi) is 6.61. The molecule has 1 aromatic rings. The van der Waals surface area contributed by atoms with Crippen LogP contribution in [0.5, 0.6) is 5.75 Å². The number of methoxy groups -OCH3 is 1. The maximum atomic E-state index is 13.1. The number of allylic oxidation sites excluding steroid dienone is 1. The maximum Gasteiger partial charge on any atom is 0.243 e. The molecule has 6 heteroatoms. The molecule has 3 rings (SSSR count). The van der Waals surface area contributed by atoms with Crippen LogP contribution < -0.4 is 4.74 Å². The van der Waals surface area contributed by atoms with E-state index >= 15 is 0 Å². The van der Waals surface area contributed by atoms with Gasteiger partial charge in [0.1, 0.15) is 5.75 Å². The Labute approximate surface area is 164 Å². The number of hydrogen-bond acceptors (Lipinski definition) is 4. The molecule has 0 N–H and O–H groups in total. The van der Waals surface area contributed by atoms with Crippen molar-refractivity contribution in [2.24, 2.45) is 0 Å². The molecule has 5 nitrogen and oxygen atoms in total. The van der Waals surface area contributed by atoms with Crippen molar-refractivity contribution in [1.29, 1.82) is 0 Å². The summed E-state index contributed by atoms with van der Waals surface area (Å²) in [5, 5.41) is 0. The minimum absolute atomic E-state index is 0.404. The normalized spacial score (nSPS) is 19.7. The molecule has 0 amide bonds. The van der Waals surface area contributed by atoms with Crippen LogP contribution in [0.2, 0.25) is 0 Å². The SMILES string of the molecule is COc1cc(C)c(S(=O)(=O)N2CCN(CCC3=CCCCC3)CC2)cc1C. The van der Waals surface area contributed by atoms with Crippen molar-refractivity contribution in [3.63, 3.8) is 0 Å². The Hall–Kier alpha value is -1.37. The average Bonchev–Trinajstić information content (AvgIpc) is 2.69. The molecule has 2 aliphatic rings. The summed E-state index contributed by atoms with van der Waals surface area (Å²) in [7, 11) is -1.85. The number of nitrogens with zero attached hydrogens (tertiary/aromatic N) is 2. The van der Waals surface area contributed by atoms with E-state index in [1.165, 1.54) is 25.7 Å². The van der Waals surface area contributed by atoms with E-state index in [9.17, 15) is 8.42 Å². The van der Waals surface area contributed by atoms with Crippen molar-refractivity contribution in [3.8, 4) is 5.75 Å². The summed E-state index contributed by atoms with van der Waals surface area (Å²) in [6.07, 6.45) is 8.64. The Morgan fingerprint density at radius 1 is 1.04 bits per heavy atom. The molecular formula is C21H32N2O3S. The highest BCUT2D eigenvalue weighted by Gasteiger charge is 2.30. The molecule has 150 valence electrons. The molecule has 0 unspecified atom stereocenters. The number of benzene rings is 1. The van der Waals surface area contributed by atoms with Crippen LogP contribution in [0.1, 0.15) is 43.2 Å². The first-order chi connectivity index (χ1) is 12.9. The van der Waals surface area contributed by atoms with Crippen molar-refractivity contribution >= 4 is 10.0 Å². The van der Waals surface area contributed by atoms with Gasteiger partial charge in [0.2, 0.25) is 10.0 Å². The molecule has 0 bridgehead atoms. The largest absolute Gasteiger partial charge is 0.496 e. The first-order valence-corrected chi connectivity index (χ1v) is 11.4. The minimum Gasteiger partial charge on any atom is -0.496 e. The molecular weight excluding hydrogens is 360 g/mol. The zero-order valence-corrected chi connectivity index (χ0v) is 17.6. The fourth-order valence-corrected chi connectivity index (χ4v) is 5.74. The number of hydrogen-bond donors (Lipinski definition) is 0. The summed E-state index contributed by atoms with van der Waals surface area (Å²) in [5.74, 6) is 0.730. The Morgan fingerprint density at radius 2 is 1.78 bits per heavy atom. The van der Waals surface area contributed by atoms with Gasteiger partial charge in [-0.1, -0.05) is 11.6 Å². The summed E-state index contributed by atoms with van der Waals surface area (Å²) in [6, 6.07) is 3.56. The van der Waals surface area contributed by atoms with Crippen LogP contribution in [0.4, 0.5) is 0 Å². The molecule has 1 aliphatic carbocycles. The second kappa shape index (κ2) is 8.76. The molecule has 0 aromatic heterocycles. The number of rotatable bonds is 6. The van der Waals surface area contributed by atoms with Gasteiger partial charge in [0, 0.05) is 32.7 Å². The first-order valence-electron chi connectivity index (χ1n) is 9.97. The summed E-state index contributed by atoms with van der Waals surface area (Å²) in [5.41, 5.74) is 3.17. The monoisotopic (exact) mass is 392 g/mol. The highest BCUT2D eigenvalue weighted by molar-refractivity contribution is 7.89. The van der Waals surface area contributed by atoms with E-state index in [4.69, 9.17) is 4.74 Å². The van der Waals surface area contributed by atoms with Gasteiger partial charge in [-0.2, -0.15) is 4.31 Å². The van der Waals surface area contributed by atoms with Crippen LogP contribution >= 0.6 is 0 Å². The van der Waals surface area contributed by atoms with Crippen LogP contribution in [-0.4, -0.2) is 57.5 Å². The first kappa shape index (κ1) is 20.4. The van der Waals surface area contributed by atoms with E-state index in [1.54, 1.807) is 23.1 Å². The fourth-order valence-electron chi connectivity index (χ4n) is 4.03. The lowest BCUT2D eigenvalue weighted by Gasteiger charge is -2.34. The molecule has 1 aromatic carbocycles.